The van der Waals surface area contributed by atoms with Gasteiger partial charge in [0.25, 0.3) is 5.56 Å². The Morgan fingerprint density at radius 3 is 2.66 bits per heavy atom. The number of ether oxygens (including phenoxy) is 1. The van der Waals surface area contributed by atoms with Crippen molar-refractivity contribution >= 4 is 51.1 Å². The topological polar surface area (TPSA) is 244 Å². The highest BCUT2D eigenvalue weighted by Crippen LogP contribution is 2.51. The van der Waals surface area contributed by atoms with E-state index in [0.29, 0.717) is 23.2 Å². The lowest BCUT2D eigenvalue weighted by atomic mass is 9.70. The Kier molecular flexibility index (Phi) is 7.06. The van der Waals surface area contributed by atoms with Crippen LogP contribution in [-0.2, 0) is 22.8 Å². The first-order valence-electron chi connectivity index (χ1n) is 13.6. The van der Waals surface area contributed by atoms with Gasteiger partial charge in [0.1, 0.15) is 30.2 Å². The molecule has 1 saturated carbocycles. The molecule has 21 heteroatoms. The lowest BCUT2D eigenvalue weighted by Crippen LogP contribution is -2.43. The van der Waals surface area contributed by atoms with E-state index in [-0.39, 0.29) is 54.8 Å². The van der Waals surface area contributed by atoms with E-state index < -0.39 is 47.3 Å². The van der Waals surface area contributed by atoms with Gasteiger partial charge < -0.3 is 48.0 Å². The first-order valence-corrected chi connectivity index (χ1v) is 15.9. The molecule has 8 rings (SSSR count). The minimum Gasteiger partial charge on any atom is -0.387 e. The van der Waals surface area contributed by atoms with E-state index >= 15 is 0 Å². The predicted octanol–water partition coefficient (Wildman–Crippen LogP) is 0.117. The monoisotopic (exact) mass is 648 g/mol. The minimum atomic E-state index is -2.48. The zero-order valence-corrected chi connectivity index (χ0v) is 24.4. The molecule has 6 N–H and O–H groups in total. The van der Waals surface area contributed by atoms with Gasteiger partial charge >= 0.3 is 17.2 Å². The number of imidazole rings is 3. The Balaban J connectivity index is 1.07. The fraction of sp³-hybridized carbons (Fsp3) is 0.478. The number of anilines is 1. The van der Waals surface area contributed by atoms with Crippen LogP contribution in [0, 0.1) is 11.8 Å². The van der Waals surface area contributed by atoms with Gasteiger partial charge in [-0.15, -0.1) is 0 Å². The summed E-state index contributed by atoms with van der Waals surface area (Å²) in [5.41, 5.74) is 7.01. The smallest absolute Gasteiger partial charge is 0.330 e. The predicted molar refractivity (Wildman–Crippen MR) is 150 cm³/mol. The molecule has 0 radical (unpaired) electrons. The van der Waals surface area contributed by atoms with Crippen LogP contribution in [0.2, 0.25) is 0 Å². The number of aromatic nitrogens is 9. The molecule has 44 heavy (non-hydrogen) atoms. The number of hydrogen-bond donors (Lipinski definition) is 5. The fourth-order valence-corrected chi connectivity index (χ4v) is 7.59. The molecule has 232 valence electrons. The van der Waals surface area contributed by atoms with E-state index in [2.05, 4.69) is 29.9 Å². The number of nitrogens with two attached hydrogens (primary N) is 1. The van der Waals surface area contributed by atoms with Crippen LogP contribution in [0.4, 0.5) is 5.82 Å². The Morgan fingerprint density at radius 1 is 0.977 bits per heavy atom. The second-order valence-corrected chi connectivity index (χ2v) is 12.6. The number of aliphatic hydroxyl groups excluding tert-OH is 1. The summed E-state index contributed by atoms with van der Waals surface area (Å²) in [4.78, 5) is 57.8. The van der Waals surface area contributed by atoms with Crippen LogP contribution in [0.1, 0.15) is 18.7 Å². The van der Waals surface area contributed by atoms with Crippen molar-refractivity contribution in [3.05, 3.63) is 41.7 Å². The summed E-state index contributed by atoms with van der Waals surface area (Å²) in [5, 5.41) is 11.2. The quantitative estimate of drug-likeness (QED) is 0.160. The van der Waals surface area contributed by atoms with Gasteiger partial charge in [0.2, 0.25) is 5.78 Å². The van der Waals surface area contributed by atoms with Crippen molar-refractivity contribution in [1.82, 2.24) is 43.4 Å². The van der Waals surface area contributed by atoms with Gasteiger partial charge in [-0.1, -0.05) is 0 Å². The van der Waals surface area contributed by atoms with E-state index in [1.165, 1.54) is 23.4 Å². The van der Waals surface area contributed by atoms with Crippen molar-refractivity contribution in [2.24, 2.45) is 11.8 Å². The van der Waals surface area contributed by atoms with Crippen molar-refractivity contribution in [1.29, 1.82) is 0 Å². The highest BCUT2D eigenvalue weighted by molar-refractivity contribution is 7.40. The number of rotatable bonds is 2. The van der Waals surface area contributed by atoms with Crippen LogP contribution < -0.4 is 11.3 Å². The Hall–Kier alpha value is -3.22. The third kappa shape index (κ3) is 4.59. The molecule has 3 fully saturated rings. The van der Waals surface area contributed by atoms with Crippen LogP contribution >= 0.6 is 17.2 Å². The highest BCUT2D eigenvalue weighted by Gasteiger charge is 2.49. The standard InChI is InChI=1S/C23H26N10O9P2/c24-18-14-19(27-7-26-18)32(8-28-14)12-3-10-4-38-44(37)42-17-16(34)13(6-40-43(36)39-5-11(10)12)41-22(17)33-9-29-15-20(35)30-23-25-1-2-31(23)21(15)33/h1-2,7-13,16-17,22,34,36-37H,3-6H2,(H2,24,26,27)(H,25,30,35)/t10-,11-,12-,13-,16-,17-,22-,43?,44?/m1/s1. The number of nitrogens with one attached hydrogen (secondary N) is 1. The van der Waals surface area contributed by atoms with E-state index in [1.54, 1.807) is 16.9 Å². The summed E-state index contributed by atoms with van der Waals surface area (Å²) in [5.74, 6) is 0.306. The molecule has 0 amide bonds. The SMILES string of the molecule is Nc1ncnc2c1ncn2[C@@H]1C[C@@H]2COP(O)O[C@@H]3[C@H](O)[C@@H](COP(O)OC[C@H]21)O[C@H]3n1cnc2c(=O)[nH]c3nccn3c21. The van der Waals surface area contributed by atoms with Crippen molar-refractivity contribution < 1.29 is 37.7 Å². The molecule has 2 unspecified atom stereocenters. The first-order chi connectivity index (χ1) is 21.4. The highest BCUT2D eigenvalue weighted by atomic mass is 31.2. The normalized spacial score (nSPS) is 33.4. The molecule has 1 aliphatic carbocycles. The van der Waals surface area contributed by atoms with E-state index in [0.717, 1.165) is 0 Å². The lowest BCUT2D eigenvalue weighted by Gasteiger charge is -2.45. The lowest BCUT2D eigenvalue weighted by molar-refractivity contribution is -0.0476. The number of nitrogens with zero attached hydrogens (tertiary/aromatic N) is 8. The average molecular weight is 648 g/mol. The maximum atomic E-state index is 12.6. The Morgan fingerprint density at radius 2 is 1.77 bits per heavy atom. The molecule has 0 spiro atoms. The minimum absolute atomic E-state index is 0.0872. The second-order valence-electron chi connectivity index (χ2n) is 10.7. The van der Waals surface area contributed by atoms with Crippen molar-refractivity contribution in [3.63, 3.8) is 0 Å². The maximum Gasteiger partial charge on any atom is 0.330 e. The zero-order valence-electron chi connectivity index (χ0n) is 22.6. The largest absolute Gasteiger partial charge is 0.387 e. The average Bonchev–Trinajstić information content (AvgIpc) is 3.78. The second kappa shape index (κ2) is 11.0. The van der Waals surface area contributed by atoms with Gasteiger partial charge in [-0.2, -0.15) is 0 Å². The summed E-state index contributed by atoms with van der Waals surface area (Å²) in [6.45, 7) is -0.0316. The number of hydrogen-bond acceptors (Lipinski definition) is 15. The van der Waals surface area contributed by atoms with E-state index in [9.17, 15) is 19.7 Å². The molecule has 2 bridgehead atoms. The van der Waals surface area contributed by atoms with Gasteiger partial charge in [-0.05, 0) is 12.3 Å². The van der Waals surface area contributed by atoms with Gasteiger partial charge in [0.05, 0.1) is 32.5 Å². The van der Waals surface area contributed by atoms with Gasteiger partial charge in [0.15, 0.2) is 28.9 Å². The van der Waals surface area contributed by atoms with Crippen LogP contribution in [0.15, 0.2) is 36.2 Å². The summed E-state index contributed by atoms with van der Waals surface area (Å²) in [7, 11) is -4.82. The number of H-pyrrole nitrogens is 1. The number of aliphatic hydroxyl groups is 1. The summed E-state index contributed by atoms with van der Waals surface area (Å²) in [6, 6.07) is -0.103. The summed E-state index contributed by atoms with van der Waals surface area (Å²) >= 11 is 0. The summed E-state index contributed by atoms with van der Waals surface area (Å²) in [6.07, 6.45) is 3.65. The molecular weight excluding hydrogens is 622 g/mol. The molecule has 9 atom stereocenters. The Bertz CT molecular complexity index is 1900. The van der Waals surface area contributed by atoms with Crippen molar-refractivity contribution in [2.75, 3.05) is 25.6 Å². The van der Waals surface area contributed by atoms with Crippen LogP contribution in [0.5, 0.6) is 0 Å². The molecule has 19 nitrogen and oxygen atoms in total. The first kappa shape index (κ1) is 28.3. The summed E-state index contributed by atoms with van der Waals surface area (Å²) < 4.78 is 34.1. The van der Waals surface area contributed by atoms with Gasteiger partial charge in [-0.25, -0.2) is 24.9 Å². The third-order valence-corrected chi connectivity index (χ3v) is 9.92. The molecule has 0 aromatic carbocycles. The molecule has 5 aromatic heterocycles. The van der Waals surface area contributed by atoms with Crippen molar-refractivity contribution in [3.8, 4) is 0 Å². The number of aromatic amines is 1. The van der Waals surface area contributed by atoms with Crippen LogP contribution in [-0.4, -0.2) is 96.5 Å². The number of nitrogen functional groups attached to an aromatic ring is 1. The molecule has 3 aliphatic rings. The number of fused-ring (bicyclic) bond motifs is 7. The van der Waals surface area contributed by atoms with Crippen LogP contribution in [0.3, 0.4) is 0 Å². The van der Waals surface area contributed by atoms with E-state index in [1.807, 2.05) is 4.57 Å². The molecular formula is C23H26N10O9P2. The fourth-order valence-electron chi connectivity index (χ4n) is 6.13. The zero-order chi connectivity index (χ0) is 30.1. The van der Waals surface area contributed by atoms with Crippen LogP contribution in [0.25, 0.3) is 28.1 Å². The maximum absolute atomic E-state index is 12.6. The molecule has 2 saturated heterocycles. The molecule has 2 aliphatic heterocycles. The molecule has 7 heterocycles. The van der Waals surface area contributed by atoms with E-state index in [4.69, 9.17) is 28.6 Å². The molecule has 5 aromatic rings. The Labute approximate surface area is 248 Å². The van der Waals surface area contributed by atoms with Crippen molar-refractivity contribution in [2.45, 2.75) is 37.0 Å². The van der Waals surface area contributed by atoms with Gasteiger partial charge in [0, 0.05) is 24.4 Å². The van der Waals surface area contributed by atoms with Gasteiger partial charge in [-0.3, -0.25) is 18.7 Å². The third-order valence-electron chi connectivity index (χ3n) is 8.39.